The predicted molar refractivity (Wildman–Crippen MR) is 84.5 cm³/mol. The van der Waals surface area contributed by atoms with Crippen LogP contribution in [0.4, 0.5) is 0 Å². The number of rotatable bonds is 5. The third-order valence-electron chi connectivity index (χ3n) is 3.79. The lowest BCUT2D eigenvalue weighted by Crippen LogP contribution is -2.37. The monoisotopic (exact) mass is 297 g/mol. The maximum atomic E-state index is 12.6. The van der Waals surface area contributed by atoms with E-state index in [-0.39, 0.29) is 11.9 Å². The number of aryl methyl sites for hydroxylation is 1. The number of hydrogen-bond donors (Lipinski definition) is 1. The second-order valence-corrected chi connectivity index (χ2v) is 5.33. The van der Waals surface area contributed by atoms with E-state index in [0.717, 1.165) is 17.3 Å². The maximum Gasteiger partial charge on any atom is 0.272 e. The Bertz CT molecular complexity index is 775. The number of aromatic nitrogens is 4. The first-order chi connectivity index (χ1) is 10.7. The molecule has 0 saturated heterocycles. The fraction of sp³-hybridized carbons (Fsp3) is 0.312. The van der Waals surface area contributed by atoms with Gasteiger partial charge in [0.25, 0.3) is 5.91 Å². The Labute approximate surface area is 128 Å². The number of para-hydroxylation sites is 1. The standard InChI is InChI=1S/C16H19N5O/c1-3-12(10-21-9-8-17-11-21)18-16(22)15-13-6-4-5-7-14(13)20(2)19-15/h4-9,11-12H,3,10H2,1-2H3,(H,18,22). The number of fused-ring (bicyclic) bond motifs is 1. The molecule has 6 nitrogen and oxygen atoms in total. The summed E-state index contributed by atoms with van der Waals surface area (Å²) in [4.78, 5) is 16.6. The van der Waals surface area contributed by atoms with Gasteiger partial charge in [-0.3, -0.25) is 9.48 Å². The van der Waals surface area contributed by atoms with E-state index >= 15 is 0 Å². The molecule has 0 radical (unpaired) electrons. The van der Waals surface area contributed by atoms with Crippen LogP contribution in [0.3, 0.4) is 0 Å². The molecule has 1 N–H and O–H groups in total. The fourth-order valence-electron chi connectivity index (χ4n) is 2.56. The molecule has 2 heterocycles. The zero-order valence-electron chi connectivity index (χ0n) is 12.7. The van der Waals surface area contributed by atoms with E-state index < -0.39 is 0 Å². The van der Waals surface area contributed by atoms with Crippen LogP contribution in [0.15, 0.2) is 43.0 Å². The van der Waals surface area contributed by atoms with Crippen molar-refractivity contribution in [2.75, 3.05) is 0 Å². The lowest BCUT2D eigenvalue weighted by Gasteiger charge is -2.16. The summed E-state index contributed by atoms with van der Waals surface area (Å²) in [6.45, 7) is 2.76. The first kappa shape index (κ1) is 14.3. The summed E-state index contributed by atoms with van der Waals surface area (Å²) in [7, 11) is 1.85. The number of carbonyl (C=O) groups excluding carboxylic acids is 1. The summed E-state index contributed by atoms with van der Waals surface area (Å²) in [5, 5.41) is 8.30. The Hall–Kier alpha value is -2.63. The van der Waals surface area contributed by atoms with Gasteiger partial charge in [0.2, 0.25) is 0 Å². The van der Waals surface area contributed by atoms with Crippen LogP contribution in [0.1, 0.15) is 23.8 Å². The van der Waals surface area contributed by atoms with Crippen molar-refractivity contribution < 1.29 is 4.79 Å². The lowest BCUT2D eigenvalue weighted by molar-refractivity contribution is 0.0927. The van der Waals surface area contributed by atoms with Gasteiger partial charge in [0.1, 0.15) is 0 Å². The van der Waals surface area contributed by atoms with E-state index in [2.05, 4.69) is 22.3 Å². The molecule has 0 saturated carbocycles. The number of amides is 1. The van der Waals surface area contributed by atoms with E-state index in [1.165, 1.54) is 0 Å². The van der Waals surface area contributed by atoms with Crippen molar-refractivity contribution in [2.45, 2.75) is 25.9 Å². The van der Waals surface area contributed by atoms with Crippen LogP contribution < -0.4 is 5.32 Å². The van der Waals surface area contributed by atoms with Gasteiger partial charge in [-0.25, -0.2) is 4.98 Å². The van der Waals surface area contributed by atoms with Gasteiger partial charge in [0.05, 0.1) is 11.8 Å². The molecule has 1 aromatic carbocycles. The van der Waals surface area contributed by atoms with Crippen molar-refractivity contribution in [1.29, 1.82) is 0 Å². The molecular formula is C16H19N5O. The van der Waals surface area contributed by atoms with Gasteiger partial charge in [0.15, 0.2) is 5.69 Å². The molecule has 22 heavy (non-hydrogen) atoms. The van der Waals surface area contributed by atoms with Gasteiger partial charge in [-0.05, 0) is 12.5 Å². The van der Waals surface area contributed by atoms with E-state index in [4.69, 9.17) is 0 Å². The largest absolute Gasteiger partial charge is 0.346 e. The van der Waals surface area contributed by atoms with Crippen molar-refractivity contribution in [3.05, 3.63) is 48.7 Å². The Morgan fingerprint density at radius 1 is 1.36 bits per heavy atom. The normalized spacial score (nSPS) is 12.5. The summed E-state index contributed by atoms with van der Waals surface area (Å²) >= 11 is 0. The predicted octanol–water partition coefficient (Wildman–Crippen LogP) is 1.98. The zero-order valence-corrected chi connectivity index (χ0v) is 12.7. The van der Waals surface area contributed by atoms with Gasteiger partial charge in [-0.2, -0.15) is 5.10 Å². The number of hydrogen-bond acceptors (Lipinski definition) is 3. The molecule has 0 aliphatic heterocycles. The Morgan fingerprint density at radius 3 is 2.91 bits per heavy atom. The molecule has 3 aromatic rings. The summed E-state index contributed by atoms with van der Waals surface area (Å²) in [5.41, 5.74) is 1.43. The second-order valence-electron chi connectivity index (χ2n) is 5.33. The van der Waals surface area contributed by atoms with Crippen LogP contribution in [0.5, 0.6) is 0 Å². The van der Waals surface area contributed by atoms with Gasteiger partial charge >= 0.3 is 0 Å². The Morgan fingerprint density at radius 2 is 2.18 bits per heavy atom. The zero-order chi connectivity index (χ0) is 15.5. The van der Waals surface area contributed by atoms with E-state index in [9.17, 15) is 4.79 Å². The average Bonchev–Trinajstić information content (AvgIpc) is 3.15. The van der Waals surface area contributed by atoms with Crippen molar-refractivity contribution in [2.24, 2.45) is 7.05 Å². The Balaban J connectivity index is 1.80. The number of nitrogens with one attached hydrogen (secondary N) is 1. The second kappa shape index (κ2) is 6.01. The Kier molecular flexibility index (Phi) is 3.91. The van der Waals surface area contributed by atoms with Crippen LogP contribution in [0.2, 0.25) is 0 Å². The molecule has 0 aliphatic carbocycles. The van der Waals surface area contributed by atoms with E-state index in [1.807, 2.05) is 42.1 Å². The van der Waals surface area contributed by atoms with Crippen LogP contribution >= 0.6 is 0 Å². The first-order valence-electron chi connectivity index (χ1n) is 7.37. The highest BCUT2D eigenvalue weighted by Gasteiger charge is 2.18. The lowest BCUT2D eigenvalue weighted by atomic mass is 10.1. The van der Waals surface area contributed by atoms with Gasteiger partial charge in [0, 0.05) is 37.4 Å². The number of carbonyl (C=O) groups is 1. The molecular weight excluding hydrogens is 278 g/mol. The number of imidazole rings is 1. The fourth-order valence-corrected chi connectivity index (χ4v) is 2.56. The number of benzene rings is 1. The van der Waals surface area contributed by atoms with Crippen molar-refractivity contribution in [1.82, 2.24) is 24.6 Å². The number of nitrogens with zero attached hydrogens (tertiary/aromatic N) is 4. The minimum Gasteiger partial charge on any atom is -0.346 e. The van der Waals surface area contributed by atoms with Crippen LogP contribution in [0.25, 0.3) is 10.9 Å². The molecule has 0 bridgehead atoms. The minimum atomic E-state index is -0.135. The molecule has 1 atom stereocenters. The SMILES string of the molecule is CCC(Cn1ccnc1)NC(=O)c1nn(C)c2ccccc12. The highest BCUT2D eigenvalue weighted by atomic mass is 16.2. The van der Waals surface area contributed by atoms with Crippen molar-refractivity contribution in [3.8, 4) is 0 Å². The highest BCUT2D eigenvalue weighted by Crippen LogP contribution is 2.17. The van der Waals surface area contributed by atoms with E-state index in [1.54, 1.807) is 17.2 Å². The van der Waals surface area contributed by atoms with Crippen LogP contribution in [-0.2, 0) is 13.6 Å². The van der Waals surface area contributed by atoms with Gasteiger partial charge in [-0.1, -0.05) is 25.1 Å². The van der Waals surface area contributed by atoms with Gasteiger partial charge in [-0.15, -0.1) is 0 Å². The van der Waals surface area contributed by atoms with E-state index in [0.29, 0.717) is 12.2 Å². The molecule has 6 heteroatoms. The minimum absolute atomic E-state index is 0.0440. The van der Waals surface area contributed by atoms with Crippen LogP contribution in [-0.4, -0.2) is 31.3 Å². The average molecular weight is 297 g/mol. The summed E-state index contributed by atoms with van der Waals surface area (Å²) in [6, 6.07) is 7.79. The maximum absolute atomic E-state index is 12.6. The van der Waals surface area contributed by atoms with Crippen molar-refractivity contribution in [3.63, 3.8) is 0 Å². The smallest absolute Gasteiger partial charge is 0.272 e. The molecule has 1 amide bonds. The molecule has 114 valence electrons. The highest BCUT2D eigenvalue weighted by molar-refractivity contribution is 6.04. The molecule has 0 aliphatic rings. The quantitative estimate of drug-likeness (QED) is 0.783. The summed E-state index contributed by atoms with van der Waals surface area (Å²) in [6.07, 6.45) is 6.23. The van der Waals surface area contributed by atoms with Crippen molar-refractivity contribution >= 4 is 16.8 Å². The third-order valence-corrected chi connectivity index (χ3v) is 3.79. The molecule has 1 unspecified atom stereocenters. The molecule has 0 spiro atoms. The molecule has 3 rings (SSSR count). The molecule has 2 aromatic heterocycles. The van der Waals surface area contributed by atoms with Crippen LogP contribution in [0, 0.1) is 0 Å². The third kappa shape index (κ3) is 2.72. The topological polar surface area (TPSA) is 64.7 Å². The summed E-state index contributed by atoms with van der Waals surface area (Å²) < 4.78 is 3.70. The molecule has 0 fully saturated rings. The first-order valence-corrected chi connectivity index (χ1v) is 7.37. The summed E-state index contributed by atoms with van der Waals surface area (Å²) in [5.74, 6) is -0.135. The van der Waals surface area contributed by atoms with Gasteiger partial charge < -0.3 is 9.88 Å².